The maximum Gasteiger partial charge on any atom is 0.306 e. The quantitative estimate of drug-likeness (QED) is 0.153. The highest BCUT2D eigenvalue weighted by atomic mass is 19.1. The number of pyridine rings is 1. The molecule has 1 unspecified atom stereocenters. The molecule has 48 heavy (non-hydrogen) atoms. The molecule has 0 saturated carbocycles. The van der Waals surface area contributed by atoms with Gasteiger partial charge in [0.15, 0.2) is 5.78 Å². The van der Waals surface area contributed by atoms with E-state index in [0.717, 1.165) is 60.3 Å². The largest absolute Gasteiger partial charge is 0.466 e. The Labute approximate surface area is 284 Å². The first-order chi connectivity index (χ1) is 22.7. The van der Waals surface area contributed by atoms with Gasteiger partial charge in [-0.3, -0.25) is 14.4 Å². The minimum Gasteiger partial charge on any atom is -0.466 e. The maximum absolute atomic E-state index is 16.7. The zero-order chi connectivity index (χ0) is 35.3. The van der Waals surface area contributed by atoms with Crippen molar-refractivity contribution >= 4 is 11.8 Å². The van der Waals surface area contributed by atoms with Gasteiger partial charge in [0.1, 0.15) is 11.6 Å². The van der Waals surface area contributed by atoms with Gasteiger partial charge in [-0.2, -0.15) is 0 Å². The van der Waals surface area contributed by atoms with Crippen LogP contribution >= 0.6 is 0 Å². The Hall–Kier alpha value is -3.65. The highest BCUT2D eigenvalue weighted by Crippen LogP contribution is 2.39. The van der Waals surface area contributed by atoms with E-state index in [4.69, 9.17) is 4.74 Å². The van der Waals surface area contributed by atoms with Crippen molar-refractivity contribution in [2.24, 2.45) is 5.92 Å². The molecule has 0 bridgehead atoms. The van der Waals surface area contributed by atoms with Crippen LogP contribution in [-0.4, -0.2) is 47.5 Å². The van der Waals surface area contributed by atoms with E-state index < -0.39 is 29.6 Å². The Bertz CT molecular complexity index is 1680. The molecule has 6 nitrogen and oxygen atoms in total. The molecule has 0 aliphatic carbocycles. The van der Waals surface area contributed by atoms with Crippen molar-refractivity contribution in [2.75, 3.05) is 26.2 Å². The molecule has 2 aromatic carbocycles. The summed E-state index contributed by atoms with van der Waals surface area (Å²) in [5.74, 6) is -3.63. The summed E-state index contributed by atoms with van der Waals surface area (Å²) in [6.45, 7) is 18.2. The molecule has 3 aromatic rings. The van der Waals surface area contributed by atoms with Gasteiger partial charge in [-0.1, -0.05) is 31.5 Å². The third kappa shape index (κ3) is 8.68. The van der Waals surface area contributed by atoms with Crippen molar-refractivity contribution in [3.8, 4) is 11.1 Å². The van der Waals surface area contributed by atoms with Crippen molar-refractivity contribution in [1.29, 1.82) is 0 Å². The van der Waals surface area contributed by atoms with Crippen molar-refractivity contribution in [1.82, 2.24) is 9.47 Å². The first-order valence-electron chi connectivity index (χ1n) is 17.4. The number of esters is 1. The summed E-state index contributed by atoms with van der Waals surface area (Å²) in [4.78, 5) is 43.1. The monoisotopic (exact) mass is 662 g/mol. The van der Waals surface area contributed by atoms with E-state index in [0.29, 0.717) is 12.0 Å². The van der Waals surface area contributed by atoms with Crippen LogP contribution in [-0.2, 0) is 20.7 Å². The van der Waals surface area contributed by atoms with Crippen LogP contribution in [0, 0.1) is 52.2 Å². The van der Waals surface area contributed by atoms with E-state index in [1.165, 1.54) is 17.1 Å². The summed E-state index contributed by atoms with van der Waals surface area (Å²) in [7, 11) is 0. The Kier molecular flexibility index (Phi) is 12.5. The number of nitrogens with zero attached hydrogens (tertiary/aromatic N) is 2. The van der Waals surface area contributed by atoms with Gasteiger partial charge >= 0.3 is 5.97 Å². The first kappa shape index (κ1) is 37.2. The predicted molar refractivity (Wildman–Crippen MR) is 188 cm³/mol. The topological polar surface area (TPSA) is 68.6 Å². The number of hydrogen-bond acceptors (Lipinski definition) is 5. The first-order valence-corrected chi connectivity index (χ1v) is 17.4. The molecule has 2 heterocycles. The Morgan fingerprint density at radius 1 is 0.896 bits per heavy atom. The van der Waals surface area contributed by atoms with Crippen LogP contribution in [0.15, 0.2) is 35.3 Å². The second kappa shape index (κ2) is 16.2. The summed E-state index contributed by atoms with van der Waals surface area (Å²) < 4.78 is 39.6. The molecule has 260 valence electrons. The minimum absolute atomic E-state index is 0.0528. The van der Waals surface area contributed by atoms with Crippen LogP contribution in [0.4, 0.5) is 8.78 Å². The normalized spacial score (nSPS) is 14.6. The maximum atomic E-state index is 16.7. The molecular formula is C40H52F2N2O4. The van der Waals surface area contributed by atoms with E-state index >= 15 is 8.78 Å². The van der Waals surface area contributed by atoms with E-state index in [9.17, 15) is 14.4 Å². The second-order valence-electron chi connectivity index (χ2n) is 14.1. The van der Waals surface area contributed by atoms with Gasteiger partial charge in [-0.25, -0.2) is 8.78 Å². The number of halogens is 2. The van der Waals surface area contributed by atoms with Crippen LogP contribution < -0.4 is 5.56 Å². The van der Waals surface area contributed by atoms with Gasteiger partial charge in [-0.05, 0) is 132 Å². The molecule has 1 aromatic heterocycles. The number of likely N-dealkylation sites (tertiary alicyclic amines) is 1. The Morgan fingerprint density at radius 3 is 2.15 bits per heavy atom. The Morgan fingerprint density at radius 2 is 1.56 bits per heavy atom. The van der Waals surface area contributed by atoms with E-state index in [1.54, 1.807) is 26.1 Å². The highest BCUT2D eigenvalue weighted by molar-refractivity contribution is 5.85. The Balaban J connectivity index is 1.77. The van der Waals surface area contributed by atoms with Crippen LogP contribution in [0.2, 0.25) is 0 Å². The zero-order valence-electron chi connectivity index (χ0n) is 30.0. The van der Waals surface area contributed by atoms with Crippen molar-refractivity contribution < 1.29 is 23.1 Å². The third-order valence-corrected chi connectivity index (χ3v) is 9.60. The summed E-state index contributed by atoms with van der Waals surface area (Å²) in [6.07, 6.45) is 4.41. The molecule has 1 aliphatic rings. The molecule has 4 rings (SSSR count). The van der Waals surface area contributed by atoms with Crippen molar-refractivity contribution in [3.63, 3.8) is 0 Å². The van der Waals surface area contributed by atoms with Crippen molar-refractivity contribution in [2.45, 2.75) is 106 Å². The summed E-state index contributed by atoms with van der Waals surface area (Å²) in [5.41, 5.74) is 5.14. The van der Waals surface area contributed by atoms with Gasteiger partial charge in [0.25, 0.3) is 5.56 Å². The standard InChI is InChI=1S/C40H52F2N2O4/c1-9-48-36(47)22-31(38-39(41)29(8)19-32(40(38)42)37-27(6)17-25(4)18-28(37)7)21-34(45)33(16-24(2)3)44-23-30(26(5)20-35(44)46)12-10-13-43-14-11-15-43/h17-20,23-24,31,33H,9-16,21-22H2,1-8H3/t31-,33?/m0/s1. The number of ether oxygens (including phenoxy) is 1. The van der Waals surface area contributed by atoms with Crippen molar-refractivity contribution in [3.05, 3.63) is 91.4 Å². The van der Waals surface area contributed by atoms with E-state index in [1.807, 2.05) is 53.7 Å². The molecule has 8 heteroatoms. The molecule has 2 atom stereocenters. The lowest BCUT2D eigenvalue weighted by atomic mass is 9.83. The lowest BCUT2D eigenvalue weighted by molar-refractivity contribution is -0.143. The smallest absolute Gasteiger partial charge is 0.306 e. The van der Waals surface area contributed by atoms with E-state index in [-0.39, 0.29) is 53.4 Å². The molecule has 0 spiro atoms. The number of aromatic nitrogens is 1. The molecule has 1 fully saturated rings. The molecule has 1 aliphatic heterocycles. The van der Waals surface area contributed by atoms with E-state index in [2.05, 4.69) is 4.90 Å². The lowest BCUT2D eigenvalue weighted by Crippen LogP contribution is -2.37. The number of aryl methyl sites for hydroxylation is 6. The van der Waals surface area contributed by atoms with Crippen LogP contribution in [0.5, 0.6) is 0 Å². The summed E-state index contributed by atoms with van der Waals surface area (Å²) in [5, 5.41) is 0. The molecule has 0 amide bonds. The van der Waals surface area contributed by atoms with Gasteiger partial charge in [0.05, 0.1) is 19.1 Å². The average molecular weight is 663 g/mol. The van der Waals surface area contributed by atoms with Crippen LogP contribution in [0.3, 0.4) is 0 Å². The number of carbonyl (C=O) groups is 2. The fourth-order valence-corrected chi connectivity index (χ4v) is 7.15. The van der Waals surface area contributed by atoms with Crippen LogP contribution in [0.25, 0.3) is 11.1 Å². The van der Waals surface area contributed by atoms with Crippen LogP contribution in [0.1, 0.15) is 104 Å². The molecule has 0 radical (unpaired) electrons. The number of rotatable bonds is 15. The average Bonchev–Trinajstić information content (AvgIpc) is 2.96. The van der Waals surface area contributed by atoms with Gasteiger partial charge < -0.3 is 14.2 Å². The molecular weight excluding hydrogens is 610 g/mol. The lowest BCUT2D eigenvalue weighted by Gasteiger charge is -2.30. The molecule has 0 N–H and O–H groups in total. The highest BCUT2D eigenvalue weighted by Gasteiger charge is 2.33. The number of hydrogen-bond donors (Lipinski definition) is 0. The number of ketones is 1. The summed E-state index contributed by atoms with van der Waals surface area (Å²) in [6, 6.07) is 6.13. The van der Waals surface area contributed by atoms with Gasteiger partial charge in [0, 0.05) is 35.7 Å². The summed E-state index contributed by atoms with van der Waals surface area (Å²) >= 11 is 0. The predicted octanol–water partition coefficient (Wildman–Crippen LogP) is 8.26. The second-order valence-corrected chi connectivity index (χ2v) is 14.1. The SMILES string of the molecule is CCOC(=O)C[C@H](CC(=O)C(CC(C)C)n1cc(CCCN2CCC2)c(C)cc1=O)c1c(F)c(C)cc(-c2c(C)cc(C)cc2C)c1F. The third-order valence-electron chi connectivity index (χ3n) is 9.60. The number of benzene rings is 2. The van der Waals surface area contributed by atoms with Gasteiger partial charge in [0.2, 0.25) is 0 Å². The number of Topliss-reactive ketones (excluding diaryl/α,β-unsaturated/α-hetero) is 1. The zero-order valence-corrected chi connectivity index (χ0v) is 30.0. The number of carbonyl (C=O) groups excluding carboxylic acids is 2. The fourth-order valence-electron chi connectivity index (χ4n) is 7.15. The minimum atomic E-state index is -1.13. The molecule has 1 saturated heterocycles. The fraction of sp³-hybridized carbons (Fsp3) is 0.525. The van der Waals surface area contributed by atoms with Gasteiger partial charge in [-0.15, -0.1) is 0 Å².